The summed E-state index contributed by atoms with van der Waals surface area (Å²) in [6, 6.07) is 10.5. The van der Waals surface area contributed by atoms with Gasteiger partial charge in [0.25, 0.3) is 5.91 Å². The molecule has 1 heterocycles. The number of fused-ring (bicyclic) bond motifs is 2. The van der Waals surface area contributed by atoms with Crippen LogP contribution in [0, 0.1) is 35.0 Å². The van der Waals surface area contributed by atoms with Crippen molar-refractivity contribution in [3.05, 3.63) is 47.5 Å². The zero-order chi connectivity index (χ0) is 38.8. The van der Waals surface area contributed by atoms with Gasteiger partial charge in [0.2, 0.25) is 5.91 Å². The largest absolute Gasteiger partial charge is 0.496 e. The van der Waals surface area contributed by atoms with Crippen molar-refractivity contribution in [3.8, 4) is 16.9 Å². The van der Waals surface area contributed by atoms with Gasteiger partial charge in [-0.05, 0) is 79.0 Å². The number of nitrogens with zero attached hydrogens (tertiary/aromatic N) is 2. The minimum absolute atomic E-state index is 0.00172. The molecule has 2 bridgehead atoms. The normalized spacial score (nSPS) is 26.7. The lowest BCUT2D eigenvalue weighted by Crippen LogP contribution is -2.62. The molecule has 1 aliphatic heterocycles. The maximum absolute atomic E-state index is 14.6. The van der Waals surface area contributed by atoms with Gasteiger partial charge in [-0.15, -0.1) is 0 Å². The Morgan fingerprint density at radius 3 is 2.45 bits per heavy atom. The van der Waals surface area contributed by atoms with Crippen LogP contribution in [0.3, 0.4) is 0 Å². The zero-order valence-electron chi connectivity index (χ0n) is 33.2. The molecule has 8 atom stereocenters. The molecule has 2 aromatic carbocycles. The monoisotopic (exact) mass is 735 g/mol. The molecule has 0 unspecified atom stereocenters. The quantitative estimate of drug-likeness (QED) is 0.205. The first-order chi connectivity index (χ1) is 25.1. The van der Waals surface area contributed by atoms with Gasteiger partial charge in [0.05, 0.1) is 26.2 Å². The Bertz CT molecular complexity index is 1630. The lowest BCUT2D eigenvalue weighted by molar-refractivity contribution is -0.183. The molecule has 12 nitrogen and oxygen atoms in total. The summed E-state index contributed by atoms with van der Waals surface area (Å²) in [6.07, 6.45) is 0.766. The van der Waals surface area contributed by atoms with E-state index in [1.54, 1.807) is 26.1 Å². The molecule has 53 heavy (non-hydrogen) atoms. The molecule has 4 aliphatic rings. The number of amides is 3. The SMILES string of the molecule is CNC(=O)c1cc(-c2cccc(CN3O[C@@H](CO)[C@@H]([C@H](C)OC(=O)NCCC(C)C)[C@H]3C(=O)N[C@H]3C[C@H]4C[C@H]([C@@H]3C)C4(C)C)c2OC)cc(N(C)C)c1. The van der Waals surface area contributed by atoms with Crippen molar-refractivity contribution in [2.24, 2.45) is 35.0 Å². The number of carbonyl (C=O) groups is 3. The smallest absolute Gasteiger partial charge is 0.407 e. The third-order valence-corrected chi connectivity index (χ3v) is 12.2. The summed E-state index contributed by atoms with van der Waals surface area (Å²) in [5, 5.41) is 21.2. The molecule has 3 saturated carbocycles. The number of anilines is 1. The molecular weight excluding hydrogens is 674 g/mol. The maximum Gasteiger partial charge on any atom is 0.407 e. The van der Waals surface area contributed by atoms with Crippen LogP contribution >= 0.6 is 0 Å². The van der Waals surface area contributed by atoms with Crippen LogP contribution in [0.15, 0.2) is 36.4 Å². The average molecular weight is 736 g/mol. The standard InChI is InChI=1S/C41H61N5O7/c1-23(2)14-15-43-40(50)52-25(4)35-34(22-47)53-46(36(35)39(49)44-33-20-29-19-32(24(33)3)41(29,5)6)21-26-12-11-13-31(37(26)51-10)27-16-28(38(48)42-7)18-30(17-27)45(8)9/h11-13,16-18,23-25,29,32-36,47H,14-15,19-22H2,1-10H3,(H,42,48)(H,43,50)(H,44,49)/t24-,25-,29+,32+,33-,34-,35+,36-/m0/s1. The highest BCUT2D eigenvalue weighted by Gasteiger charge is 2.57. The number of hydrogen-bond acceptors (Lipinski definition) is 9. The fourth-order valence-corrected chi connectivity index (χ4v) is 8.87. The second kappa shape index (κ2) is 16.7. The lowest BCUT2D eigenvalue weighted by atomic mass is 9.45. The second-order valence-electron chi connectivity index (χ2n) is 16.5. The molecule has 292 valence electrons. The summed E-state index contributed by atoms with van der Waals surface area (Å²) in [4.78, 5) is 48.6. The van der Waals surface area contributed by atoms with Crippen LogP contribution in [-0.2, 0) is 20.9 Å². The molecule has 0 spiro atoms. The van der Waals surface area contributed by atoms with Crippen molar-refractivity contribution < 1.29 is 33.8 Å². The highest BCUT2D eigenvalue weighted by Crippen LogP contribution is 2.61. The number of rotatable bonds is 14. The summed E-state index contributed by atoms with van der Waals surface area (Å²) < 4.78 is 11.9. The number of alkyl carbamates (subject to hydrolysis) is 1. The number of ether oxygens (including phenoxy) is 2. The number of carbonyl (C=O) groups excluding carboxylic acids is 3. The molecule has 3 amide bonds. The minimum Gasteiger partial charge on any atom is -0.496 e. The Balaban J connectivity index is 1.47. The number of para-hydroxylation sites is 1. The van der Waals surface area contributed by atoms with E-state index in [0.29, 0.717) is 41.5 Å². The van der Waals surface area contributed by atoms with Gasteiger partial charge in [-0.25, -0.2) is 4.79 Å². The van der Waals surface area contributed by atoms with Crippen LogP contribution in [0.2, 0.25) is 0 Å². The van der Waals surface area contributed by atoms with E-state index in [0.717, 1.165) is 35.2 Å². The summed E-state index contributed by atoms with van der Waals surface area (Å²) in [6.45, 7) is 13.1. The highest BCUT2D eigenvalue weighted by atomic mass is 16.7. The number of nitrogens with one attached hydrogen (secondary N) is 3. The van der Waals surface area contributed by atoms with E-state index in [1.807, 2.05) is 55.4 Å². The third kappa shape index (κ3) is 8.44. The number of benzene rings is 2. The number of hydrogen-bond donors (Lipinski definition) is 4. The van der Waals surface area contributed by atoms with Crippen LogP contribution in [0.1, 0.15) is 76.7 Å². The van der Waals surface area contributed by atoms with E-state index in [-0.39, 0.29) is 36.4 Å². The first kappa shape index (κ1) is 40.3. The summed E-state index contributed by atoms with van der Waals surface area (Å²) in [5.41, 5.74) is 3.91. The lowest BCUT2D eigenvalue weighted by Gasteiger charge is -2.62. The molecule has 1 saturated heterocycles. The van der Waals surface area contributed by atoms with Crippen molar-refractivity contribution in [1.82, 2.24) is 21.0 Å². The van der Waals surface area contributed by atoms with Crippen molar-refractivity contribution in [2.75, 3.05) is 46.3 Å². The van der Waals surface area contributed by atoms with Crippen LogP contribution in [-0.4, -0.2) is 93.8 Å². The Morgan fingerprint density at radius 1 is 1.11 bits per heavy atom. The van der Waals surface area contributed by atoms with Crippen LogP contribution < -0.4 is 25.6 Å². The Labute approximate surface area is 315 Å². The number of aliphatic hydroxyl groups is 1. The first-order valence-corrected chi connectivity index (χ1v) is 19.1. The molecule has 4 fully saturated rings. The van der Waals surface area contributed by atoms with Gasteiger partial charge in [0, 0.05) is 56.1 Å². The van der Waals surface area contributed by atoms with Gasteiger partial charge in [-0.1, -0.05) is 52.8 Å². The van der Waals surface area contributed by atoms with E-state index < -0.39 is 30.3 Å². The fraction of sp³-hybridized carbons (Fsp3) is 0.634. The van der Waals surface area contributed by atoms with Gasteiger partial charge in [0.1, 0.15) is 24.0 Å². The molecule has 4 N–H and O–H groups in total. The van der Waals surface area contributed by atoms with Gasteiger partial charge < -0.3 is 35.4 Å². The van der Waals surface area contributed by atoms with E-state index in [9.17, 15) is 19.5 Å². The fourth-order valence-electron chi connectivity index (χ4n) is 8.87. The van der Waals surface area contributed by atoms with Gasteiger partial charge in [-0.2, -0.15) is 5.06 Å². The van der Waals surface area contributed by atoms with Gasteiger partial charge in [-0.3, -0.25) is 14.4 Å². The summed E-state index contributed by atoms with van der Waals surface area (Å²) in [5.74, 6) is 1.27. The van der Waals surface area contributed by atoms with Crippen LogP contribution in [0.5, 0.6) is 5.75 Å². The van der Waals surface area contributed by atoms with Crippen LogP contribution in [0.25, 0.3) is 11.1 Å². The molecule has 0 radical (unpaired) electrons. The van der Waals surface area contributed by atoms with Gasteiger partial charge >= 0.3 is 6.09 Å². The minimum atomic E-state index is -0.880. The topological polar surface area (TPSA) is 142 Å². The zero-order valence-corrected chi connectivity index (χ0v) is 33.2. The predicted octanol–water partition coefficient (Wildman–Crippen LogP) is 5.23. The summed E-state index contributed by atoms with van der Waals surface area (Å²) in [7, 11) is 7.03. The second-order valence-corrected chi connectivity index (χ2v) is 16.5. The molecule has 6 rings (SSSR count). The Hall–Kier alpha value is -3.87. The highest BCUT2D eigenvalue weighted by molar-refractivity contribution is 5.97. The molecule has 0 aromatic heterocycles. The van der Waals surface area contributed by atoms with Crippen LogP contribution in [0.4, 0.5) is 10.5 Å². The third-order valence-electron chi connectivity index (χ3n) is 12.2. The number of hydroxylamine groups is 2. The number of aliphatic hydroxyl groups excluding tert-OH is 1. The van der Waals surface area contributed by atoms with Crippen molar-refractivity contribution in [3.63, 3.8) is 0 Å². The molecule has 2 aromatic rings. The van der Waals surface area contributed by atoms with E-state index in [1.165, 1.54) is 6.42 Å². The molecule has 3 aliphatic carbocycles. The van der Waals surface area contributed by atoms with E-state index >= 15 is 0 Å². The first-order valence-electron chi connectivity index (χ1n) is 19.1. The molecular formula is C41H61N5O7. The Kier molecular flexibility index (Phi) is 12.7. The van der Waals surface area contributed by atoms with Gasteiger partial charge in [0.15, 0.2) is 0 Å². The molecule has 12 heteroatoms. The van der Waals surface area contributed by atoms with Crippen molar-refractivity contribution in [1.29, 1.82) is 0 Å². The Morgan fingerprint density at radius 2 is 1.85 bits per heavy atom. The summed E-state index contributed by atoms with van der Waals surface area (Å²) >= 11 is 0. The van der Waals surface area contributed by atoms with E-state index in [2.05, 4.69) is 50.6 Å². The maximum atomic E-state index is 14.6. The average Bonchev–Trinajstić information content (AvgIpc) is 3.49. The number of methoxy groups -OCH3 is 1. The van der Waals surface area contributed by atoms with Crippen molar-refractivity contribution >= 4 is 23.6 Å². The predicted molar refractivity (Wildman–Crippen MR) is 205 cm³/mol. The van der Waals surface area contributed by atoms with Crippen molar-refractivity contribution in [2.45, 2.75) is 91.6 Å². The van der Waals surface area contributed by atoms with E-state index in [4.69, 9.17) is 14.3 Å².